The van der Waals surface area contributed by atoms with Gasteiger partial charge in [-0.1, -0.05) is 78.9 Å². The smallest absolute Gasteiger partial charge is 0.348 e. The summed E-state index contributed by atoms with van der Waals surface area (Å²) in [5.41, 5.74) is 5.51. The number of benzene rings is 4. The van der Waals surface area contributed by atoms with Crippen molar-refractivity contribution in [2.24, 2.45) is 0 Å². The van der Waals surface area contributed by atoms with Crippen LogP contribution in [0, 0.1) is 6.92 Å². The molecule has 1 heterocycles. The Morgan fingerprint density at radius 1 is 0.927 bits per heavy atom. The quantitative estimate of drug-likeness (QED) is 0.174. The van der Waals surface area contributed by atoms with Crippen LogP contribution in [0.25, 0.3) is 10.9 Å². The third-order valence-electron chi connectivity index (χ3n) is 7.00. The second kappa shape index (κ2) is 12.8. The van der Waals surface area contributed by atoms with Crippen molar-refractivity contribution in [2.45, 2.75) is 32.9 Å². The molecule has 0 aliphatic carbocycles. The van der Waals surface area contributed by atoms with Gasteiger partial charge in [0.1, 0.15) is 0 Å². The molecule has 0 fully saturated rings. The van der Waals surface area contributed by atoms with Crippen molar-refractivity contribution in [3.8, 4) is 0 Å². The Bertz CT molecular complexity index is 1720. The first-order chi connectivity index (χ1) is 19.9. The fourth-order valence-corrected chi connectivity index (χ4v) is 5.26. The van der Waals surface area contributed by atoms with E-state index < -0.39 is 5.63 Å². The highest BCUT2D eigenvalue weighted by atomic mass is 79.9. The van der Waals surface area contributed by atoms with Crippen molar-refractivity contribution in [1.29, 1.82) is 0 Å². The molecule has 0 bridgehead atoms. The normalized spacial score (nSPS) is 10.9. The van der Waals surface area contributed by atoms with Crippen LogP contribution >= 0.6 is 15.9 Å². The lowest BCUT2D eigenvalue weighted by Crippen LogP contribution is -2.26. The van der Waals surface area contributed by atoms with Gasteiger partial charge in [-0.25, -0.2) is 4.79 Å². The van der Waals surface area contributed by atoms with Crippen LogP contribution in [0.3, 0.4) is 0 Å². The second-order valence-electron chi connectivity index (χ2n) is 9.92. The maximum absolute atomic E-state index is 13.2. The number of anilines is 3. The summed E-state index contributed by atoms with van der Waals surface area (Å²) in [6.45, 7) is 3.07. The Balaban J connectivity index is 1.32. The molecule has 1 amide bonds. The molecule has 0 radical (unpaired) electrons. The monoisotopic (exact) mass is 610 g/mol. The molecule has 1 aromatic heterocycles. The average Bonchev–Trinajstić information content (AvgIpc) is 2.98. The number of rotatable bonds is 10. The van der Waals surface area contributed by atoms with Gasteiger partial charge < -0.3 is 20.0 Å². The van der Waals surface area contributed by atoms with Crippen LogP contribution in [0.1, 0.15) is 28.7 Å². The zero-order valence-corrected chi connectivity index (χ0v) is 24.6. The van der Waals surface area contributed by atoms with Gasteiger partial charge in [0.25, 0.3) is 0 Å². The molecular weight excluding hydrogens is 580 g/mol. The molecule has 208 valence electrons. The summed E-state index contributed by atoms with van der Waals surface area (Å²) in [5, 5.41) is 7.00. The number of aromatic nitrogens is 1. The molecule has 4 aromatic carbocycles. The number of carbonyl (C=O) groups excluding carboxylic acids is 1. The summed E-state index contributed by atoms with van der Waals surface area (Å²) in [4.78, 5) is 32.4. The van der Waals surface area contributed by atoms with E-state index >= 15 is 0 Å². The number of nitrogens with zero attached hydrogens (tertiary/aromatic N) is 2. The third kappa shape index (κ3) is 6.84. The molecule has 2 N–H and O–H groups in total. The average molecular weight is 612 g/mol. The lowest BCUT2D eigenvalue weighted by Gasteiger charge is -2.18. The highest BCUT2D eigenvalue weighted by Gasteiger charge is 2.17. The lowest BCUT2D eigenvalue weighted by molar-refractivity contribution is -0.130. The zero-order valence-electron chi connectivity index (χ0n) is 23.0. The molecule has 5 aromatic rings. The van der Waals surface area contributed by atoms with Crippen LogP contribution in [0.4, 0.5) is 17.4 Å². The van der Waals surface area contributed by atoms with E-state index in [2.05, 4.69) is 31.5 Å². The topological polar surface area (TPSA) is 87.5 Å². The van der Waals surface area contributed by atoms with E-state index in [9.17, 15) is 9.59 Å². The van der Waals surface area contributed by atoms with Crippen molar-refractivity contribution >= 4 is 50.1 Å². The summed E-state index contributed by atoms with van der Waals surface area (Å²) >= 11 is 3.60. The third-order valence-corrected chi connectivity index (χ3v) is 7.61. The summed E-state index contributed by atoms with van der Waals surface area (Å²) < 4.78 is 6.32. The maximum Gasteiger partial charge on any atom is 0.348 e. The predicted molar refractivity (Wildman–Crippen MR) is 167 cm³/mol. The number of nitrogens with one attached hydrogen (secondary N) is 2. The maximum atomic E-state index is 13.2. The van der Waals surface area contributed by atoms with E-state index in [0.29, 0.717) is 41.3 Å². The number of para-hydroxylation sites is 1. The molecule has 0 saturated heterocycles. The Morgan fingerprint density at radius 3 is 2.32 bits per heavy atom. The van der Waals surface area contributed by atoms with Gasteiger partial charge in [0.2, 0.25) is 5.91 Å². The fourth-order valence-electron chi connectivity index (χ4n) is 4.74. The number of amides is 1. The summed E-state index contributed by atoms with van der Waals surface area (Å²) in [7, 11) is 1.82. The molecule has 0 atom stereocenters. The first-order valence-corrected chi connectivity index (χ1v) is 14.2. The highest BCUT2D eigenvalue weighted by molar-refractivity contribution is 9.10. The minimum absolute atomic E-state index is 0.0510. The molecule has 0 aliphatic heterocycles. The van der Waals surface area contributed by atoms with Crippen molar-refractivity contribution in [1.82, 2.24) is 9.88 Å². The van der Waals surface area contributed by atoms with Crippen molar-refractivity contribution in [3.63, 3.8) is 0 Å². The van der Waals surface area contributed by atoms with Gasteiger partial charge in [-0.3, -0.25) is 4.79 Å². The highest BCUT2D eigenvalue weighted by Crippen LogP contribution is 2.31. The number of carbonyl (C=O) groups is 1. The molecule has 0 unspecified atom stereocenters. The minimum atomic E-state index is -0.478. The van der Waals surface area contributed by atoms with E-state index in [1.54, 1.807) is 4.90 Å². The number of fused-ring (bicyclic) bond motifs is 1. The van der Waals surface area contributed by atoms with Gasteiger partial charge in [0.05, 0.1) is 10.9 Å². The minimum Gasteiger partial charge on any atom is -0.388 e. The summed E-state index contributed by atoms with van der Waals surface area (Å²) in [6.07, 6.45) is 0.874. The number of hydrogen-bond donors (Lipinski definition) is 2. The van der Waals surface area contributed by atoms with E-state index in [0.717, 1.165) is 33.6 Å². The Hall–Kier alpha value is -4.43. The van der Waals surface area contributed by atoms with Crippen molar-refractivity contribution in [2.75, 3.05) is 17.7 Å². The van der Waals surface area contributed by atoms with E-state index in [1.165, 1.54) is 0 Å². The zero-order chi connectivity index (χ0) is 28.8. The van der Waals surface area contributed by atoms with Crippen molar-refractivity contribution in [3.05, 3.63) is 128 Å². The standard InChI is InChI=1S/C33H31BrN4O3/c1-22-28(35-20-23-11-5-3-6-12-23)19-26(34)31-30(22)32(40)41-33(37-31)36-27-16-10-9-15-25(27)17-18-29(39)38(2)21-24-13-7-4-8-14-24/h3-16,19,35H,17-18,20-21H2,1-2H3,(H,36,37). The van der Waals surface area contributed by atoms with Crippen molar-refractivity contribution < 1.29 is 9.21 Å². The van der Waals surface area contributed by atoms with Gasteiger partial charge in [-0.2, -0.15) is 4.98 Å². The predicted octanol–water partition coefficient (Wildman–Crippen LogP) is 7.21. The molecule has 0 aliphatic rings. The largest absolute Gasteiger partial charge is 0.388 e. The SMILES string of the molecule is Cc1c(NCc2ccccc2)cc(Br)c2nc(Nc3ccccc3CCC(=O)N(C)Cc3ccccc3)oc(=O)c12. The van der Waals surface area contributed by atoms with E-state index in [-0.39, 0.29) is 11.9 Å². The van der Waals surface area contributed by atoms with Crippen LogP contribution in [0.15, 0.2) is 105 Å². The van der Waals surface area contributed by atoms with Crippen LogP contribution in [-0.2, 0) is 24.3 Å². The van der Waals surface area contributed by atoms with Crippen LogP contribution in [0.2, 0.25) is 0 Å². The summed E-state index contributed by atoms with van der Waals surface area (Å²) in [6, 6.07) is 29.6. The summed E-state index contributed by atoms with van der Waals surface area (Å²) in [5.74, 6) is 0.0510. The first-order valence-electron chi connectivity index (χ1n) is 13.4. The number of aryl methyl sites for hydroxylation is 2. The Kier molecular flexibility index (Phi) is 8.79. The Labute approximate surface area is 247 Å². The molecule has 0 spiro atoms. The van der Waals surface area contributed by atoms with Gasteiger partial charge in [0, 0.05) is 42.4 Å². The molecule has 8 heteroatoms. The van der Waals surface area contributed by atoms with Crippen LogP contribution < -0.4 is 16.3 Å². The first kappa shape index (κ1) is 28.1. The number of hydrogen-bond acceptors (Lipinski definition) is 6. The van der Waals surface area contributed by atoms with Crippen LogP contribution in [-0.4, -0.2) is 22.8 Å². The second-order valence-corrected chi connectivity index (χ2v) is 10.8. The molecular formula is C33H31BrN4O3. The fraction of sp³-hybridized carbons (Fsp3) is 0.182. The molecule has 0 saturated carbocycles. The van der Waals surface area contributed by atoms with Gasteiger partial charge >= 0.3 is 11.6 Å². The van der Waals surface area contributed by atoms with E-state index in [1.807, 2.05) is 105 Å². The lowest BCUT2D eigenvalue weighted by atomic mass is 10.1. The van der Waals surface area contributed by atoms with Gasteiger partial charge in [-0.15, -0.1) is 0 Å². The van der Waals surface area contributed by atoms with Gasteiger partial charge in [0.15, 0.2) is 0 Å². The number of halogens is 1. The molecule has 5 rings (SSSR count). The Morgan fingerprint density at radius 2 is 1.59 bits per heavy atom. The molecule has 7 nitrogen and oxygen atoms in total. The van der Waals surface area contributed by atoms with Gasteiger partial charge in [-0.05, 0) is 63.7 Å². The molecule has 41 heavy (non-hydrogen) atoms. The van der Waals surface area contributed by atoms with E-state index in [4.69, 9.17) is 4.42 Å². The van der Waals surface area contributed by atoms with Crippen LogP contribution in [0.5, 0.6) is 0 Å².